The highest BCUT2D eigenvalue weighted by Gasteiger charge is 2.34. The monoisotopic (exact) mass is 237 g/mol. The molecule has 1 unspecified atom stereocenters. The van der Waals surface area contributed by atoms with Gasteiger partial charge in [-0.05, 0) is 24.3 Å². The van der Waals surface area contributed by atoms with E-state index in [0.717, 1.165) is 12.1 Å². The fourth-order valence-electron chi connectivity index (χ4n) is 2.56. The Balaban J connectivity index is 2.15. The zero-order valence-electron chi connectivity index (χ0n) is 10.7. The van der Waals surface area contributed by atoms with Gasteiger partial charge in [0.2, 0.25) is 0 Å². The average Bonchev–Trinajstić information content (AvgIpc) is 2.57. The molecule has 0 bridgehead atoms. The van der Waals surface area contributed by atoms with Gasteiger partial charge in [-0.3, -0.25) is 0 Å². The van der Waals surface area contributed by atoms with Gasteiger partial charge in [0, 0.05) is 23.9 Å². The normalized spacial score (nSPS) is 22.5. The number of rotatable bonds is 3. The van der Waals surface area contributed by atoms with Gasteiger partial charge in [0.1, 0.15) is 11.6 Å². The van der Waals surface area contributed by atoms with Crippen LogP contribution in [-0.4, -0.2) is 13.2 Å². The number of anilines is 1. The Morgan fingerprint density at radius 2 is 2.12 bits per heavy atom. The molecular formula is C14H20FNO. The van der Waals surface area contributed by atoms with Gasteiger partial charge in [-0.1, -0.05) is 20.3 Å². The molecule has 1 aliphatic rings. The first-order chi connectivity index (χ1) is 8.01. The Labute approximate surface area is 102 Å². The van der Waals surface area contributed by atoms with Crippen molar-refractivity contribution in [3.63, 3.8) is 0 Å². The molecule has 3 heteroatoms. The van der Waals surface area contributed by atoms with Crippen molar-refractivity contribution < 1.29 is 9.13 Å². The Bertz CT molecular complexity index is 403. The van der Waals surface area contributed by atoms with E-state index >= 15 is 0 Å². The number of methoxy groups -OCH3 is 1. The summed E-state index contributed by atoms with van der Waals surface area (Å²) >= 11 is 0. The minimum atomic E-state index is -0.261. The molecular weight excluding hydrogens is 217 g/mol. The molecule has 2 rings (SSSR count). The van der Waals surface area contributed by atoms with Crippen LogP contribution in [0.5, 0.6) is 5.75 Å². The maximum absolute atomic E-state index is 13.4. The van der Waals surface area contributed by atoms with Crippen molar-refractivity contribution in [3.05, 3.63) is 24.0 Å². The van der Waals surface area contributed by atoms with Gasteiger partial charge in [0.05, 0.1) is 7.11 Å². The third-order valence-corrected chi connectivity index (χ3v) is 3.71. The molecule has 1 N–H and O–H groups in total. The summed E-state index contributed by atoms with van der Waals surface area (Å²) in [6, 6.07) is 5.17. The van der Waals surface area contributed by atoms with Gasteiger partial charge < -0.3 is 10.1 Å². The van der Waals surface area contributed by atoms with Crippen LogP contribution in [0.1, 0.15) is 33.1 Å². The van der Waals surface area contributed by atoms with Crippen molar-refractivity contribution in [3.8, 4) is 5.75 Å². The molecule has 1 fully saturated rings. The first-order valence-corrected chi connectivity index (χ1v) is 6.12. The lowest BCUT2D eigenvalue weighted by atomic mass is 9.87. The molecule has 0 amide bonds. The number of hydrogen-bond acceptors (Lipinski definition) is 2. The number of benzene rings is 1. The lowest BCUT2D eigenvalue weighted by Gasteiger charge is -2.28. The minimum absolute atomic E-state index is 0.261. The molecule has 0 saturated heterocycles. The highest BCUT2D eigenvalue weighted by molar-refractivity contribution is 5.49. The van der Waals surface area contributed by atoms with Crippen LogP contribution in [0.25, 0.3) is 0 Å². The Morgan fingerprint density at radius 3 is 2.71 bits per heavy atom. The largest absolute Gasteiger partial charge is 0.497 e. The highest BCUT2D eigenvalue weighted by Crippen LogP contribution is 2.39. The summed E-state index contributed by atoms with van der Waals surface area (Å²) < 4.78 is 18.4. The van der Waals surface area contributed by atoms with Crippen LogP contribution < -0.4 is 10.1 Å². The topological polar surface area (TPSA) is 21.3 Å². The van der Waals surface area contributed by atoms with Crippen LogP contribution in [0.4, 0.5) is 10.1 Å². The smallest absolute Gasteiger partial charge is 0.128 e. The van der Waals surface area contributed by atoms with Crippen molar-refractivity contribution in [1.82, 2.24) is 0 Å². The van der Waals surface area contributed by atoms with Gasteiger partial charge >= 0.3 is 0 Å². The summed E-state index contributed by atoms with van der Waals surface area (Å²) in [5, 5.41) is 3.43. The second kappa shape index (κ2) is 4.55. The van der Waals surface area contributed by atoms with E-state index in [0.29, 0.717) is 11.8 Å². The molecule has 0 radical (unpaired) electrons. The van der Waals surface area contributed by atoms with E-state index in [2.05, 4.69) is 19.2 Å². The van der Waals surface area contributed by atoms with Gasteiger partial charge in [0.15, 0.2) is 0 Å². The van der Waals surface area contributed by atoms with Crippen molar-refractivity contribution in [2.75, 3.05) is 12.4 Å². The average molecular weight is 237 g/mol. The molecule has 1 aromatic rings. The van der Waals surface area contributed by atoms with Gasteiger partial charge in [-0.25, -0.2) is 4.39 Å². The predicted octanol–water partition coefficient (Wildman–Crippen LogP) is 3.82. The summed E-state index contributed by atoms with van der Waals surface area (Å²) in [4.78, 5) is 0. The van der Waals surface area contributed by atoms with Gasteiger partial charge in [0.25, 0.3) is 0 Å². The zero-order chi connectivity index (χ0) is 12.5. The summed E-state index contributed by atoms with van der Waals surface area (Å²) in [6.07, 6.45) is 3.60. The molecule has 1 saturated carbocycles. The molecule has 1 aliphatic carbocycles. The molecule has 0 aliphatic heterocycles. The first kappa shape index (κ1) is 12.2. The van der Waals surface area contributed by atoms with E-state index in [1.807, 2.05) is 6.07 Å². The lowest BCUT2D eigenvalue weighted by molar-refractivity contribution is 0.349. The molecule has 2 nitrogen and oxygen atoms in total. The molecule has 0 aromatic heterocycles. The van der Waals surface area contributed by atoms with E-state index in [1.54, 1.807) is 7.11 Å². The van der Waals surface area contributed by atoms with Gasteiger partial charge in [-0.15, -0.1) is 0 Å². The molecule has 0 heterocycles. The van der Waals surface area contributed by atoms with E-state index < -0.39 is 0 Å². The SMILES string of the molecule is COc1cc(F)cc(NC2CCCC2(C)C)c1. The molecule has 0 spiro atoms. The number of ether oxygens (including phenoxy) is 1. The maximum atomic E-state index is 13.4. The van der Waals surface area contributed by atoms with Crippen LogP contribution in [0.3, 0.4) is 0 Å². The second-order valence-corrected chi connectivity index (χ2v) is 5.46. The van der Waals surface area contributed by atoms with E-state index in [9.17, 15) is 4.39 Å². The Morgan fingerprint density at radius 1 is 1.35 bits per heavy atom. The third-order valence-electron chi connectivity index (χ3n) is 3.71. The molecule has 1 atom stereocenters. The van der Waals surface area contributed by atoms with Crippen LogP contribution in [0.2, 0.25) is 0 Å². The molecule has 94 valence electrons. The van der Waals surface area contributed by atoms with Crippen molar-refractivity contribution in [2.45, 2.75) is 39.2 Å². The number of nitrogens with one attached hydrogen (secondary N) is 1. The van der Waals surface area contributed by atoms with Crippen molar-refractivity contribution >= 4 is 5.69 Å². The van der Waals surface area contributed by atoms with Crippen molar-refractivity contribution in [1.29, 1.82) is 0 Å². The molecule has 1 aromatic carbocycles. The number of hydrogen-bond donors (Lipinski definition) is 1. The maximum Gasteiger partial charge on any atom is 0.128 e. The standard InChI is InChI=1S/C14H20FNO/c1-14(2)6-4-5-13(14)16-11-7-10(15)8-12(9-11)17-3/h7-9,13,16H,4-6H2,1-3H3. The fraction of sp³-hybridized carbons (Fsp3) is 0.571. The quantitative estimate of drug-likeness (QED) is 0.862. The van der Waals surface area contributed by atoms with Crippen molar-refractivity contribution in [2.24, 2.45) is 5.41 Å². The van der Waals surface area contributed by atoms with Crippen LogP contribution in [0, 0.1) is 11.2 Å². The summed E-state index contributed by atoms with van der Waals surface area (Å²) in [6.45, 7) is 4.52. The summed E-state index contributed by atoms with van der Waals surface area (Å²) in [5.41, 5.74) is 1.08. The van der Waals surface area contributed by atoms with E-state index in [4.69, 9.17) is 4.74 Å². The lowest BCUT2D eigenvalue weighted by Crippen LogP contribution is -2.30. The summed E-state index contributed by atoms with van der Waals surface area (Å²) in [7, 11) is 1.55. The Hall–Kier alpha value is -1.25. The van der Waals surface area contributed by atoms with Crippen LogP contribution in [-0.2, 0) is 0 Å². The fourth-order valence-corrected chi connectivity index (χ4v) is 2.56. The minimum Gasteiger partial charge on any atom is -0.497 e. The van der Waals surface area contributed by atoms with Crippen LogP contribution in [0.15, 0.2) is 18.2 Å². The van der Waals surface area contributed by atoms with E-state index in [1.165, 1.54) is 25.0 Å². The first-order valence-electron chi connectivity index (χ1n) is 6.12. The number of halogens is 1. The predicted molar refractivity (Wildman–Crippen MR) is 68.0 cm³/mol. The summed E-state index contributed by atoms with van der Waals surface area (Å²) in [5.74, 6) is 0.297. The second-order valence-electron chi connectivity index (χ2n) is 5.46. The zero-order valence-corrected chi connectivity index (χ0v) is 10.7. The van der Waals surface area contributed by atoms with E-state index in [-0.39, 0.29) is 11.2 Å². The highest BCUT2D eigenvalue weighted by atomic mass is 19.1. The van der Waals surface area contributed by atoms with Crippen LogP contribution >= 0.6 is 0 Å². The third kappa shape index (κ3) is 2.71. The molecule has 17 heavy (non-hydrogen) atoms. The van der Waals surface area contributed by atoms with Gasteiger partial charge in [-0.2, -0.15) is 0 Å². The Kier molecular flexibility index (Phi) is 3.27.